The molecule has 0 aliphatic heterocycles. The van der Waals surface area contributed by atoms with E-state index in [0.717, 1.165) is 0 Å². The standard InChI is InChI=1S/C22H32N2O6S/c23-17-5-9-19(10-6-17)29-13-1-3-21(15-25)31(27,28)22(16-26)4-2-14-30-20-11-7-18(24)8-12-20/h5-12,21-22,25-26H,1-4,13-16,23-24H2. The average molecular weight is 453 g/mol. The van der Waals surface area contributed by atoms with Crippen molar-refractivity contribution in [2.75, 3.05) is 37.9 Å². The van der Waals surface area contributed by atoms with Crippen molar-refractivity contribution in [3.05, 3.63) is 48.5 Å². The number of anilines is 2. The lowest BCUT2D eigenvalue weighted by atomic mass is 10.2. The predicted octanol–water partition coefficient (Wildman–Crippen LogP) is 2.01. The number of aliphatic hydroxyl groups is 2. The molecule has 2 aromatic carbocycles. The molecule has 0 bridgehead atoms. The Morgan fingerprint density at radius 1 is 0.710 bits per heavy atom. The predicted molar refractivity (Wildman–Crippen MR) is 122 cm³/mol. The molecule has 0 heterocycles. The summed E-state index contributed by atoms with van der Waals surface area (Å²) in [5.41, 5.74) is 12.5. The topological polar surface area (TPSA) is 145 Å². The van der Waals surface area contributed by atoms with Crippen molar-refractivity contribution in [3.63, 3.8) is 0 Å². The van der Waals surface area contributed by atoms with Crippen LogP contribution >= 0.6 is 0 Å². The molecule has 172 valence electrons. The molecular weight excluding hydrogens is 420 g/mol. The van der Waals surface area contributed by atoms with Gasteiger partial charge in [-0.15, -0.1) is 0 Å². The molecule has 9 heteroatoms. The number of hydrogen-bond donors (Lipinski definition) is 4. The van der Waals surface area contributed by atoms with Crippen LogP contribution in [-0.2, 0) is 9.84 Å². The summed E-state index contributed by atoms with van der Waals surface area (Å²) in [6.07, 6.45) is 1.39. The second-order valence-electron chi connectivity index (χ2n) is 7.32. The molecule has 0 fully saturated rings. The number of benzene rings is 2. The van der Waals surface area contributed by atoms with Gasteiger partial charge in [-0.25, -0.2) is 8.42 Å². The third-order valence-electron chi connectivity index (χ3n) is 4.98. The van der Waals surface area contributed by atoms with Gasteiger partial charge >= 0.3 is 0 Å². The normalized spacial score (nSPS) is 13.5. The number of rotatable bonds is 14. The molecule has 0 saturated heterocycles. The van der Waals surface area contributed by atoms with Crippen LogP contribution in [0, 0.1) is 0 Å². The Bertz CT molecular complexity index is 804. The summed E-state index contributed by atoms with van der Waals surface area (Å²) < 4.78 is 36.9. The van der Waals surface area contributed by atoms with Crippen LogP contribution in [0.25, 0.3) is 0 Å². The minimum atomic E-state index is -3.71. The van der Waals surface area contributed by atoms with Crippen LogP contribution in [0.15, 0.2) is 48.5 Å². The fourth-order valence-corrected chi connectivity index (χ4v) is 5.07. The molecule has 31 heavy (non-hydrogen) atoms. The molecule has 0 aromatic heterocycles. The lowest BCUT2D eigenvalue weighted by Gasteiger charge is -2.22. The van der Waals surface area contributed by atoms with E-state index in [1.165, 1.54) is 0 Å². The van der Waals surface area contributed by atoms with Gasteiger partial charge in [-0.2, -0.15) is 0 Å². The Morgan fingerprint density at radius 3 is 1.39 bits per heavy atom. The Hall–Kier alpha value is -2.49. The molecule has 0 amide bonds. The Balaban J connectivity index is 1.78. The fraction of sp³-hybridized carbons (Fsp3) is 0.455. The smallest absolute Gasteiger partial charge is 0.160 e. The van der Waals surface area contributed by atoms with Gasteiger partial charge in [0.05, 0.1) is 36.9 Å². The van der Waals surface area contributed by atoms with Crippen LogP contribution < -0.4 is 20.9 Å². The summed E-state index contributed by atoms with van der Waals surface area (Å²) >= 11 is 0. The summed E-state index contributed by atoms with van der Waals surface area (Å²) in [5, 5.41) is 17.4. The van der Waals surface area contributed by atoms with Gasteiger partial charge in [0.1, 0.15) is 11.5 Å². The van der Waals surface area contributed by atoms with E-state index in [1.54, 1.807) is 48.5 Å². The molecule has 2 aromatic rings. The maximum absolute atomic E-state index is 12.9. The van der Waals surface area contributed by atoms with Crippen LogP contribution in [0.3, 0.4) is 0 Å². The maximum atomic E-state index is 12.9. The SMILES string of the molecule is Nc1ccc(OCCCC(CO)S(=O)(=O)C(CO)CCCOc2ccc(N)cc2)cc1. The quantitative estimate of drug-likeness (QED) is 0.252. The molecule has 2 atom stereocenters. The first kappa shape index (κ1) is 24.8. The van der Waals surface area contributed by atoms with Crippen molar-refractivity contribution < 1.29 is 28.1 Å². The van der Waals surface area contributed by atoms with Gasteiger partial charge < -0.3 is 31.2 Å². The van der Waals surface area contributed by atoms with E-state index >= 15 is 0 Å². The highest BCUT2D eigenvalue weighted by Gasteiger charge is 2.32. The van der Waals surface area contributed by atoms with Crippen molar-refractivity contribution in [2.24, 2.45) is 0 Å². The fourth-order valence-electron chi connectivity index (χ4n) is 3.12. The zero-order chi connectivity index (χ0) is 22.7. The molecule has 2 rings (SSSR count). The third-order valence-corrected chi connectivity index (χ3v) is 7.60. The molecule has 6 N–H and O–H groups in total. The minimum Gasteiger partial charge on any atom is -0.494 e. The van der Waals surface area contributed by atoms with E-state index in [2.05, 4.69) is 0 Å². The zero-order valence-electron chi connectivity index (χ0n) is 17.5. The van der Waals surface area contributed by atoms with Crippen molar-refractivity contribution in [3.8, 4) is 11.5 Å². The molecule has 8 nitrogen and oxygen atoms in total. The number of ether oxygens (including phenoxy) is 2. The largest absolute Gasteiger partial charge is 0.494 e. The van der Waals surface area contributed by atoms with Gasteiger partial charge in [-0.1, -0.05) is 0 Å². The van der Waals surface area contributed by atoms with Crippen LogP contribution in [0.2, 0.25) is 0 Å². The zero-order valence-corrected chi connectivity index (χ0v) is 18.3. The van der Waals surface area contributed by atoms with Gasteiger partial charge in [-0.05, 0) is 74.2 Å². The lowest BCUT2D eigenvalue weighted by molar-refractivity contribution is 0.255. The second kappa shape index (κ2) is 12.4. The second-order valence-corrected chi connectivity index (χ2v) is 9.83. The van der Waals surface area contributed by atoms with Crippen molar-refractivity contribution in [1.82, 2.24) is 0 Å². The molecule has 0 aliphatic carbocycles. The average Bonchev–Trinajstić information content (AvgIpc) is 2.76. The van der Waals surface area contributed by atoms with Crippen molar-refractivity contribution >= 4 is 21.2 Å². The molecule has 0 saturated carbocycles. The summed E-state index contributed by atoms with van der Waals surface area (Å²) in [6, 6.07) is 13.8. The van der Waals surface area contributed by atoms with Crippen molar-refractivity contribution in [2.45, 2.75) is 36.2 Å². The summed E-state index contributed by atoms with van der Waals surface area (Å²) in [7, 11) is -3.71. The van der Waals surface area contributed by atoms with Crippen LogP contribution in [0.4, 0.5) is 11.4 Å². The molecule has 2 unspecified atom stereocenters. The number of aliphatic hydroxyl groups excluding tert-OH is 2. The monoisotopic (exact) mass is 452 g/mol. The molecular formula is C22H32N2O6S. The lowest BCUT2D eigenvalue weighted by Crippen LogP contribution is -2.37. The maximum Gasteiger partial charge on any atom is 0.160 e. The van der Waals surface area contributed by atoms with Crippen molar-refractivity contribution in [1.29, 1.82) is 0 Å². The van der Waals surface area contributed by atoms with E-state index in [4.69, 9.17) is 20.9 Å². The van der Waals surface area contributed by atoms with E-state index in [0.29, 0.717) is 48.9 Å². The highest BCUT2D eigenvalue weighted by molar-refractivity contribution is 7.92. The van der Waals surface area contributed by atoms with Crippen LogP contribution in [0.1, 0.15) is 25.7 Å². The van der Waals surface area contributed by atoms with E-state index < -0.39 is 33.6 Å². The highest BCUT2D eigenvalue weighted by Crippen LogP contribution is 2.20. The van der Waals surface area contributed by atoms with Gasteiger partial charge in [0.25, 0.3) is 0 Å². The van der Waals surface area contributed by atoms with Gasteiger partial charge in [0, 0.05) is 11.4 Å². The third kappa shape index (κ3) is 7.93. The first-order chi connectivity index (χ1) is 14.9. The molecule has 0 spiro atoms. The number of hydrogen-bond acceptors (Lipinski definition) is 8. The first-order valence-corrected chi connectivity index (χ1v) is 11.9. The van der Waals surface area contributed by atoms with E-state index in [-0.39, 0.29) is 12.8 Å². The van der Waals surface area contributed by atoms with Gasteiger partial charge in [0.15, 0.2) is 9.84 Å². The number of nitrogen functional groups attached to an aromatic ring is 2. The summed E-state index contributed by atoms with van der Waals surface area (Å²) in [6.45, 7) is -0.365. The number of nitrogens with two attached hydrogens (primary N) is 2. The minimum absolute atomic E-state index is 0.242. The van der Waals surface area contributed by atoms with Crippen LogP contribution in [0.5, 0.6) is 11.5 Å². The summed E-state index contributed by atoms with van der Waals surface area (Å²) in [4.78, 5) is 0. The van der Waals surface area contributed by atoms with E-state index in [9.17, 15) is 18.6 Å². The Labute approximate surface area is 183 Å². The van der Waals surface area contributed by atoms with Gasteiger partial charge in [-0.3, -0.25) is 0 Å². The number of sulfone groups is 1. The van der Waals surface area contributed by atoms with Crippen LogP contribution in [-0.4, -0.2) is 55.6 Å². The first-order valence-electron chi connectivity index (χ1n) is 10.3. The van der Waals surface area contributed by atoms with Gasteiger partial charge in [0.2, 0.25) is 0 Å². The van der Waals surface area contributed by atoms with E-state index in [1.807, 2.05) is 0 Å². The highest BCUT2D eigenvalue weighted by atomic mass is 32.2. The summed E-state index contributed by atoms with van der Waals surface area (Å²) in [5.74, 6) is 1.29. The molecule has 0 aliphatic rings. The Morgan fingerprint density at radius 2 is 1.06 bits per heavy atom. The Kier molecular flexibility index (Phi) is 9.90. The molecule has 0 radical (unpaired) electrons.